The van der Waals surface area contributed by atoms with Gasteiger partial charge in [0.1, 0.15) is 11.5 Å². The third-order valence-corrected chi connectivity index (χ3v) is 2.94. The molecule has 0 aliphatic heterocycles. The number of hydrogen-bond acceptors (Lipinski definition) is 4. The Morgan fingerprint density at radius 3 is 3.00 bits per heavy atom. The number of nitrogens with zero attached hydrogens (tertiary/aromatic N) is 3. The van der Waals surface area contributed by atoms with Crippen LogP contribution in [-0.2, 0) is 0 Å². The number of nitrogens with one attached hydrogen (secondary N) is 1. The maximum atomic E-state index is 12.3. The molecule has 1 aliphatic carbocycles. The highest BCUT2D eigenvalue weighted by Gasteiger charge is 2.33. The Bertz CT molecular complexity index is 476. The van der Waals surface area contributed by atoms with E-state index in [-0.39, 0.29) is 5.91 Å². The van der Waals surface area contributed by atoms with E-state index in [1.54, 1.807) is 24.1 Å². The van der Waals surface area contributed by atoms with Crippen LogP contribution in [0, 0.1) is 11.3 Å². The monoisotopic (exact) mass is 244 g/mol. The van der Waals surface area contributed by atoms with Crippen LogP contribution >= 0.6 is 0 Å². The summed E-state index contributed by atoms with van der Waals surface area (Å²) < 4.78 is 0. The number of amides is 1. The van der Waals surface area contributed by atoms with E-state index < -0.39 is 0 Å². The molecule has 1 amide bonds. The van der Waals surface area contributed by atoms with Gasteiger partial charge in [-0.25, -0.2) is 4.98 Å². The predicted molar refractivity (Wildman–Crippen MR) is 68.1 cm³/mol. The molecule has 94 valence electrons. The summed E-state index contributed by atoms with van der Waals surface area (Å²) >= 11 is 0. The summed E-state index contributed by atoms with van der Waals surface area (Å²) in [4.78, 5) is 18.3. The molecule has 0 radical (unpaired) electrons. The Morgan fingerprint density at radius 2 is 2.39 bits per heavy atom. The third kappa shape index (κ3) is 2.77. The zero-order valence-corrected chi connectivity index (χ0v) is 10.4. The second-order valence-electron chi connectivity index (χ2n) is 4.30. The van der Waals surface area contributed by atoms with Gasteiger partial charge in [-0.15, -0.1) is 0 Å². The molecule has 0 atom stereocenters. The first kappa shape index (κ1) is 12.4. The molecule has 5 nitrogen and oxygen atoms in total. The summed E-state index contributed by atoms with van der Waals surface area (Å²) in [6.45, 7) is 0.492. The molecule has 0 bridgehead atoms. The lowest BCUT2D eigenvalue weighted by atomic mass is 10.3. The average Bonchev–Trinajstić information content (AvgIpc) is 3.23. The number of aromatic nitrogens is 1. The number of carbonyl (C=O) groups is 1. The molecule has 1 N–H and O–H groups in total. The standard InChI is InChI=1S/C13H16N4O/c1-15-12-5-2-4-11(16-12)13(18)17(9-3-8-14)10-6-7-10/h2,4-5,10H,3,6-7,9H2,1H3,(H,15,16). The number of hydrogen-bond donors (Lipinski definition) is 1. The van der Waals surface area contributed by atoms with Crippen molar-refractivity contribution < 1.29 is 4.79 Å². The molecular weight excluding hydrogens is 228 g/mol. The summed E-state index contributed by atoms with van der Waals surface area (Å²) in [5, 5.41) is 11.6. The second kappa shape index (κ2) is 5.50. The van der Waals surface area contributed by atoms with E-state index >= 15 is 0 Å². The van der Waals surface area contributed by atoms with E-state index in [2.05, 4.69) is 16.4 Å². The molecule has 1 heterocycles. The van der Waals surface area contributed by atoms with Crippen molar-refractivity contribution in [3.63, 3.8) is 0 Å². The highest BCUT2D eigenvalue weighted by molar-refractivity contribution is 5.93. The molecule has 0 saturated heterocycles. The summed E-state index contributed by atoms with van der Waals surface area (Å²) in [6.07, 6.45) is 2.43. The summed E-state index contributed by atoms with van der Waals surface area (Å²) in [5.74, 6) is 0.599. The average molecular weight is 244 g/mol. The SMILES string of the molecule is CNc1cccc(C(=O)N(CCC#N)C2CC2)n1. The molecule has 0 aromatic carbocycles. The van der Waals surface area contributed by atoms with Gasteiger partial charge in [-0.3, -0.25) is 4.79 Å². The van der Waals surface area contributed by atoms with Crippen molar-refractivity contribution in [1.29, 1.82) is 5.26 Å². The van der Waals surface area contributed by atoms with Crippen LogP contribution in [0.3, 0.4) is 0 Å². The van der Waals surface area contributed by atoms with E-state index in [1.807, 2.05) is 6.07 Å². The van der Waals surface area contributed by atoms with Crippen LogP contribution in [0.1, 0.15) is 29.8 Å². The van der Waals surface area contributed by atoms with Crippen molar-refractivity contribution in [3.05, 3.63) is 23.9 Å². The topological polar surface area (TPSA) is 69.0 Å². The molecule has 0 spiro atoms. The van der Waals surface area contributed by atoms with Crippen LogP contribution in [-0.4, -0.2) is 35.4 Å². The molecule has 5 heteroatoms. The van der Waals surface area contributed by atoms with Gasteiger partial charge in [0.05, 0.1) is 12.5 Å². The summed E-state index contributed by atoms with van der Waals surface area (Å²) in [5.41, 5.74) is 0.437. The first-order valence-corrected chi connectivity index (χ1v) is 6.09. The zero-order chi connectivity index (χ0) is 13.0. The fourth-order valence-corrected chi connectivity index (χ4v) is 1.85. The Hall–Kier alpha value is -2.09. The maximum Gasteiger partial charge on any atom is 0.272 e. The Kier molecular flexibility index (Phi) is 3.78. The van der Waals surface area contributed by atoms with E-state index in [9.17, 15) is 4.79 Å². The summed E-state index contributed by atoms with van der Waals surface area (Å²) in [6, 6.07) is 7.71. The van der Waals surface area contributed by atoms with Crippen LogP contribution in [0.2, 0.25) is 0 Å². The van der Waals surface area contributed by atoms with Crippen LogP contribution < -0.4 is 5.32 Å². The Labute approximate surface area is 106 Å². The van der Waals surface area contributed by atoms with Gasteiger partial charge in [0.15, 0.2) is 0 Å². The quantitative estimate of drug-likeness (QED) is 0.855. The van der Waals surface area contributed by atoms with E-state index in [1.165, 1.54) is 0 Å². The van der Waals surface area contributed by atoms with E-state index in [0.29, 0.717) is 30.5 Å². The number of nitriles is 1. The number of pyridine rings is 1. The predicted octanol–water partition coefficient (Wildman–Crippen LogP) is 1.64. The Morgan fingerprint density at radius 1 is 1.61 bits per heavy atom. The highest BCUT2D eigenvalue weighted by atomic mass is 16.2. The minimum Gasteiger partial charge on any atom is -0.373 e. The van der Waals surface area contributed by atoms with Gasteiger partial charge in [-0.1, -0.05) is 6.07 Å². The largest absolute Gasteiger partial charge is 0.373 e. The van der Waals surface area contributed by atoms with Crippen molar-refractivity contribution in [1.82, 2.24) is 9.88 Å². The molecule has 0 unspecified atom stereocenters. The van der Waals surface area contributed by atoms with Gasteiger partial charge in [0.25, 0.3) is 5.91 Å². The first-order valence-electron chi connectivity index (χ1n) is 6.09. The van der Waals surface area contributed by atoms with Gasteiger partial charge in [0, 0.05) is 19.6 Å². The minimum atomic E-state index is -0.0788. The first-order chi connectivity index (χ1) is 8.76. The minimum absolute atomic E-state index is 0.0788. The third-order valence-electron chi connectivity index (χ3n) is 2.94. The van der Waals surface area contributed by atoms with Gasteiger partial charge in [-0.2, -0.15) is 5.26 Å². The van der Waals surface area contributed by atoms with Crippen LogP contribution in [0.15, 0.2) is 18.2 Å². The van der Waals surface area contributed by atoms with E-state index in [0.717, 1.165) is 12.8 Å². The van der Waals surface area contributed by atoms with Crippen LogP contribution in [0.25, 0.3) is 0 Å². The smallest absolute Gasteiger partial charge is 0.272 e. The van der Waals surface area contributed by atoms with Gasteiger partial charge >= 0.3 is 0 Å². The molecule has 18 heavy (non-hydrogen) atoms. The van der Waals surface area contributed by atoms with Gasteiger partial charge < -0.3 is 10.2 Å². The zero-order valence-electron chi connectivity index (χ0n) is 10.4. The fraction of sp³-hybridized carbons (Fsp3) is 0.462. The lowest BCUT2D eigenvalue weighted by Crippen LogP contribution is -2.34. The number of rotatable bonds is 5. The lowest BCUT2D eigenvalue weighted by molar-refractivity contribution is 0.0741. The Balaban J connectivity index is 2.14. The van der Waals surface area contributed by atoms with Crippen molar-refractivity contribution in [2.45, 2.75) is 25.3 Å². The van der Waals surface area contributed by atoms with Crippen molar-refractivity contribution in [3.8, 4) is 6.07 Å². The van der Waals surface area contributed by atoms with Crippen LogP contribution in [0.4, 0.5) is 5.82 Å². The number of anilines is 1. The van der Waals surface area contributed by atoms with Gasteiger partial charge in [0.2, 0.25) is 0 Å². The molecule has 1 aliphatic rings. The normalized spacial score (nSPS) is 13.8. The highest BCUT2D eigenvalue weighted by Crippen LogP contribution is 2.28. The van der Waals surface area contributed by atoms with Crippen molar-refractivity contribution in [2.75, 3.05) is 18.9 Å². The maximum absolute atomic E-state index is 12.3. The number of carbonyl (C=O) groups excluding carboxylic acids is 1. The van der Waals surface area contributed by atoms with Crippen molar-refractivity contribution in [2.24, 2.45) is 0 Å². The van der Waals surface area contributed by atoms with Gasteiger partial charge in [-0.05, 0) is 25.0 Å². The van der Waals surface area contributed by atoms with E-state index in [4.69, 9.17) is 5.26 Å². The molecule has 1 fully saturated rings. The lowest BCUT2D eigenvalue weighted by Gasteiger charge is -2.20. The summed E-state index contributed by atoms with van der Waals surface area (Å²) in [7, 11) is 1.77. The van der Waals surface area contributed by atoms with Crippen molar-refractivity contribution >= 4 is 11.7 Å². The second-order valence-corrected chi connectivity index (χ2v) is 4.30. The molecule has 1 aromatic heterocycles. The molecule has 1 aromatic rings. The fourth-order valence-electron chi connectivity index (χ4n) is 1.85. The molecule has 2 rings (SSSR count). The molecule has 1 saturated carbocycles. The van der Waals surface area contributed by atoms with Crippen LogP contribution in [0.5, 0.6) is 0 Å². The molecular formula is C13H16N4O.